The number of carbonyl (C=O) groups excluding carboxylic acids is 5. The van der Waals surface area contributed by atoms with E-state index >= 15 is 0 Å². The standard InChI is InChI=1S/C23H27N3O8S2/c1-13(27)32-9-14-10-36-20-17(25-16(28)11-35-15-5-7-24-8-6-15)19(29)26(20)18(14)21(30)33-12-34-22(31)23(2,3)4/h5-8,17,20H,9-12H2,1-4H3,(H,25,28)/t17-,20-/m1/s1. The molecule has 0 bridgehead atoms. The molecule has 0 aliphatic carbocycles. The normalized spacial score (nSPS) is 19.1. The number of ether oxygens (including phenoxy) is 3. The summed E-state index contributed by atoms with van der Waals surface area (Å²) in [6.07, 6.45) is 3.24. The lowest BCUT2D eigenvalue weighted by molar-refractivity contribution is -0.173. The minimum Gasteiger partial charge on any atom is -0.461 e. The van der Waals surface area contributed by atoms with E-state index in [1.807, 2.05) is 0 Å². The van der Waals surface area contributed by atoms with E-state index in [0.717, 1.165) is 4.90 Å². The first-order chi connectivity index (χ1) is 17.0. The number of aromatic nitrogens is 1. The summed E-state index contributed by atoms with van der Waals surface area (Å²) < 4.78 is 15.1. The Hall–Kier alpha value is -3.06. The van der Waals surface area contributed by atoms with E-state index < -0.39 is 47.4 Å². The summed E-state index contributed by atoms with van der Waals surface area (Å²) in [6.45, 7) is 5.36. The number of nitrogens with one attached hydrogen (secondary N) is 1. The van der Waals surface area contributed by atoms with E-state index in [4.69, 9.17) is 14.2 Å². The van der Waals surface area contributed by atoms with Crippen LogP contribution >= 0.6 is 23.5 Å². The van der Waals surface area contributed by atoms with Crippen molar-refractivity contribution in [3.63, 3.8) is 0 Å². The molecule has 1 N–H and O–H groups in total. The molecule has 1 aromatic heterocycles. The highest BCUT2D eigenvalue weighted by atomic mass is 32.2. The highest BCUT2D eigenvalue weighted by molar-refractivity contribution is 8.00. The van der Waals surface area contributed by atoms with E-state index in [1.54, 1.807) is 45.3 Å². The van der Waals surface area contributed by atoms with Crippen LogP contribution in [0.1, 0.15) is 27.7 Å². The van der Waals surface area contributed by atoms with Crippen LogP contribution in [0.4, 0.5) is 0 Å². The number of hydrogen-bond acceptors (Lipinski definition) is 11. The molecule has 0 radical (unpaired) electrons. The van der Waals surface area contributed by atoms with Gasteiger partial charge in [-0.15, -0.1) is 23.5 Å². The van der Waals surface area contributed by atoms with Gasteiger partial charge in [-0.2, -0.15) is 0 Å². The first kappa shape index (κ1) is 27.5. The zero-order valence-electron chi connectivity index (χ0n) is 20.3. The maximum absolute atomic E-state index is 13.0. The van der Waals surface area contributed by atoms with Gasteiger partial charge in [0, 0.05) is 35.5 Å². The molecule has 0 aromatic carbocycles. The van der Waals surface area contributed by atoms with Gasteiger partial charge in [0.25, 0.3) is 5.91 Å². The monoisotopic (exact) mass is 537 g/mol. The summed E-state index contributed by atoms with van der Waals surface area (Å²) in [4.78, 5) is 67.6. The van der Waals surface area contributed by atoms with Crippen molar-refractivity contribution in [1.29, 1.82) is 0 Å². The van der Waals surface area contributed by atoms with Gasteiger partial charge < -0.3 is 19.5 Å². The molecule has 3 rings (SSSR count). The lowest BCUT2D eigenvalue weighted by Gasteiger charge is -2.49. The molecule has 2 amide bonds. The first-order valence-corrected chi connectivity index (χ1v) is 13.0. The summed E-state index contributed by atoms with van der Waals surface area (Å²) in [5.74, 6) is -2.45. The minimum absolute atomic E-state index is 0.0755. The van der Waals surface area contributed by atoms with Crippen LogP contribution in [0.5, 0.6) is 0 Å². The average molecular weight is 538 g/mol. The van der Waals surface area contributed by atoms with Crippen LogP contribution in [0.2, 0.25) is 0 Å². The summed E-state index contributed by atoms with van der Waals surface area (Å²) >= 11 is 2.63. The number of pyridine rings is 1. The van der Waals surface area contributed by atoms with Gasteiger partial charge in [-0.3, -0.25) is 29.1 Å². The van der Waals surface area contributed by atoms with Gasteiger partial charge in [-0.25, -0.2) is 4.79 Å². The third-order valence-corrected chi connectivity index (χ3v) is 7.37. The highest BCUT2D eigenvalue weighted by Crippen LogP contribution is 2.40. The zero-order chi connectivity index (χ0) is 26.5. The molecule has 11 nitrogen and oxygen atoms in total. The van der Waals surface area contributed by atoms with Gasteiger partial charge in [-0.1, -0.05) is 0 Å². The predicted octanol–water partition coefficient (Wildman–Crippen LogP) is 1.48. The largest absolute Gasteiger partial charge is 0.461 e. The molecule has 13 heteroatoms. The summed E-state index contributed by atoms with van der Waals surface area (Å²) in [5.41, 5.74) is -0.480. The molecule has 0 unspecified atom stereocenters. The number of fused-ring (bicyclic) bond motifs is 1. The number of nitrogens with zero attached hydrogens (tertiary/aromatic N) is 2. The predicted molar refractivity (Wildman–Crippen MR) is 130 cm³/mol. The van der Waals surface area contributed by atoms with Crippen LogP contribution in [-0.2, 0) is 38.2 Å². The Labute approximate surface area is 216 Å². The molecule has 1 aromatic rings. The SMILES string of the molecule is CC(=O)OCC1=C(C(=O)OCOC(=O)C(C)(C)C)N2C(=O)[C@@H](NC(=O)CSc3ccncc3)[C@H]2SC1. The van der Waals surface area contributed by atoms with Gasteiger partial charge in [-0.05, 0) is 32.9 Å². The van der Waals surface area contributed by atoms with E-state index in [0.29, 0.717) is 5.57 Å². The molecular weight excluding hydrogens is 510 g/mol. The quantitative estimate of drug-likeness (QED) is 0.212. The Bertz CT molecular complexity index is 1070. The molecule has 1 saturated heterocycles. The molecule has 3 heterocycles. The first-order valence-electron chi connectivity index (χ1n) is 11.0. The summed E-state index contributed by atoms with van der Waals surface area (Å²) in [7, 11) is 0. The maximum atomic E-state index is 13.0. The Balaban J connectivity index is 1.66. The second kappa shape index (κ2) is 11.8. The van der Waals surface area contributed by atoms with E-state index in [2.05, 4.69) is 10.3 Å². The smallest absolute Gasteiger partial charge is 0.358 e. The van der Waals surface area contributed by atoms with E-state index in [-0.39, 0.29) is 29.7 Å². The topological polar surface area (TPSA) is 141 Å². The third-order valence-electron chi connectivity index (χ3n) is 5.02. The van der Waals surface area contributed by atoms with Gasteiger partial charge >= 0.3 is 17.9 Å². The fourth-order valence-electron chi connectivity index (χ4n) is 3.19. The molecule has 1 fully saturated rings. The molecular formula is C23H27N3O8S2. The average Bonchev–Trinajstić information content (AvgIpc) is 2.83. The van der Waals surface area contributed by atoms with Crippen LogP contribution in [0, 0.1) is 5.41 Å². The Morgan fingerprint density at radius 2 is 1.86 bits per heavy atom. The van der Waals surface area contributed by atoms with Gasteiger partial charge in [0.15, 0.2) is 0 Å². The highest BCUT2D eigenvalue weighted by Gasteiger charge is 2.54. The molecule has 36 heavy (non-hydrogen) atoms. The molecule has 2 aliphatic rings. The zero-order valence-corrected chi connectivity index (χ0v) is 21.9. The van der Waals surface area contributed by atoms with Gasteiger partial charge in [0.1, 0.15) is 23.7 Å². The fraction of sp³-hybridized carbons (Fsp3) is 0.478. The number of amides is 2. The fourth-order valence-corrected chi connectivity index (χ4v) is 5.21. The van der Waals surface area contributed by atoms with Crippen molar-refractivity contribution in [3.05, 3.63) is 35.8 Å². The van der Waals surface area contributed by atoms with Crippen molar-refractivity contribution < 1.29 is 38.2 Å². The van der Waals surface area contributed by atoms with Crippen molar-refractivity contribution in [2.24, 2.45) is 5.41 Å². The van der Waals surface area contributed by atoms with Gasteiger partial charge in [0.05, 0.1) is 11.2 Å². The molecule has 2 atom stereocenters. The lowest BCUT2D eigenvalue weighted by atomic mass is 9.98. The number of thioether (sulfide) groups is 2. The Kier molecular flexibility index (Phi) is 9.01. The van der Waals surface area contributed by atoms with Crippen molar-refractivity contribution in [2.45, 2.75) is 44.0 Å². The minimum atomic E-state index is -0.893. The number of β-lactam (4-membered cyclic amide) rings is 1. The second-order valence-electron chi connectivity index (χ2n) is 8.89. The molecule has 0 spiro atoms. The number of hydrogen-bond donors (Lipinski definition) is 1. The number of carbonyl (C=O) groups is 5. The lowest BCUT2D eigenvalue weighted by Crippen LogP contribution is -2.70. The van der Waals surface area contributed by atoms with Crippen LogP contribution < -0.4 is 5.32 Å². The van der Waals surface area contributed by atoms with Gasteiger partial charge in [0.2, 0.25) is 12.7 Å². The Morgan fingerprint density at radius 3 is 2.50 bits per heavy atom. The molecule has 0 saturated carbocycles. The van der Waals surface area contributed by atoms with Crippen molar-refractivity contribution in [3.8, 4) is 0 Å². The summed E-state index contributed by atoms with van der Waals surface area (Å²) in [6, 6.07) is 2.73. The molecule has 2 aliphatic heterocycles. The van der Waals surface area contributed by atoms with Crippen LogP contribution in [-0.4, -0.2) is 75.9 Å². The third kappa shape index (κ3) is 6.78. The number of rotatable bonds is 9. The number of esters is 3. The van der Waals surface area contributed by atoms with Crippen LogP contribution in [0.3, 0.4) is 0 Å². The van der Waals surface area contributed by atoms with Crippen molar-refractivity contribution in [2.75, 3.05) is 24.9 Å². The van der Waals surface area contributed by atoms with Crippen molar-refractivity contribution in [1.82, 2.24) is 15.2 Å². The maximum Gasteiger partial charge on any atom is 0.358 e. The van der Waals surface area contributed by atoms with E-state index in [1.165, 1.54) is 35.3 Å². The second-order valence-corrected chi connectivity index (χ2v) is 11.0. The molecule has 194 valence electrons. The van der Waals surface area contributed by atoms with Crippen LogP contribution in [0.25, 0.3) is 0 Å². The van der Waals surface area contributed by atoms with Crippen LogP contribution in [0.15, 0.2) is 40.7 Å². The van der Waals surface area contributed by atoms with E-state index in [9.17, 15) is 24.0 Å². The summed E-state index contributed by atoms with van der Waals surface area (Å²) in [5, 5.41) is 2.18. The van der Waals surface area contributed by atoms with Crippen molar-refractivity contribution >= 4 is 53.2 Å². The Morgan fingerprint density at radius 1 is 1.17 bits per heavy atom.